The molecule has 0 aliphatic carbocycles. The summed E-state index contributed by atoms with van der Waals surface area (Å²) in [4.78, 5) is 0. The van der Waals surface area contributed by atoms with Gasteiger partial charge >= 0.3 is 6.18 Å². The molecular formula is C18H19ClF3NO. The lowest BCUT2D eigenvalue weighted by Gasteiger charge is -2.31. The Morgan fingerprint density at radius 3 is 2.25 bits per heavy atom. The lowest BCUT2D eigenvalue weighted by Crippen LogP contribution is -2.30. The van der Waals surface area contributed by atoms with Gasteiger partial charge in [0.05, 0.1) is 5.56 Å². The molecule has 2 aromatic rings. The fraction of sp³-hybridized carbons (Fsp3) is 0.333. The molecule has 1 unspecified atom stereocenters. The van der Waals surface area contributed by atoms with E-state index in [0.29, 0.717) is 30.2 Å². The van der Waals surface area contributed by atoms with Crippen LogP contribution in [0.15, 0.2) is 48.5 Å². The quantitative estimate of drug-likeness (QED) is 0.752. The second-order valence-corrected chi connectivity index (χ2v) is 6.19. The maximum Gasteiger partial charge on any atom is 0.416 e. The van der Waals surface area contributed by atoms with E-state index in [1.165, 1.54) is 12.1 Å². The summed E-state index contributed by atoms with van der Waals surface area (Å²) in [5.41, 5.74) is 5.01. The summed E-state index contributed by atoms with van der Waals surface area (Å²) >= 11 is 6.05. The van der Waals surface area contributed by atoms with Crippen molar-refractivity contribution in [2.75, 3.05) is 6.54 Å². The molecule has 0 saturated carbocycles. The molecule has 2 aromatic carbocycles. The smallest absolute Gasteiger partial charge is 0.416 e. The van der Waals surface area contributed by atoms with Gasteiger partial charge < -0.3 is 10.5 Å². The summed E-state index contributed by atoms with van der Waals surface area (Å²) in [6.45, 7) is 2.37. The standard InChI is InChI=1S/C18H19ClF3NO/c1-17(10-3-11-23,14-4-2-5-15(19)12-14)24-16-8-6-13(7-9-16)18(20,21)22/h2,4-9,12H,3,10-11,23H2,1H3. The highest BCUT2D eigenvalue weighted by molar-refractivity contribution is 6.30. The Balaban J connectivity index is 2.28. The van der Waals surface area contributed by atoms with Crippen LogP contribution in [0.25, 0.3) is 0 Å². The number of nitrogens with two attached hydrogens (primary N) is 1. The normalized spacial score (nSPS) is 14.2. The molecule has 0 amide bonds. The van der Waals surface area contributed by atoms with E-state index in [1.54, 1.807) is 12.1 Å². The van der Waals surface area contributed by atoms with Crippen LogP contribution in [0.1, 0.15) is 30.9 Å². The molecule has 0 radical (unpaired) electrons. The number of rotatable bonds is 6. The van der Waals surface area contributed by atoms with Crippen molar-refractivity contribution in [2.45, 2.75) is 31.5 Å². The largest absolute Gasteiger partial charge is 0.483 e. The first-order valence-electron chi connectivity index (χ1n) is 7.57. The van der Waals surface area contributed by atoms with E-state index in [9.17, 15) is 13.2 Å². The maximum absolute atomic E-state index is 12.7. The number of halogens is 4. The van der Waals surface area contributed by atoms with Crippen LogP contribution in [0, 0.1) is 0 Å². The minimum Gasteiger partial charge on any atom is -0.483 e. The van der Waals surface area contributed by atoms with E-state index in [4.69, 9.17) is 22.1 Å². The van der Waals surface area contributed by atoms with Crippen molar-refractivity contribution in [1.29, 1.82) is 0 Å². The maximum atomic E-state index is 12.7. The fourth-order valence-corrected chi connectivity index (χ4v) is 2.67. The summed E-state index contributed by atoms with van der Waals surface area (Å²) in [5, 5.41) is 0.572. The van der Waals surface area contributed by atoms with Gasteiger partial charge in [-0.2, -0.15) is 13.2 Å². The number of ether oxygens (including phenoxy) is 1. The minimum atomic E-state index is -4.37. The lowest BCUT2D eigenvalue weighted by molar-refractivity contribution is -0.137. The van der Waals surface area contributed by atoms with Crippen molar-refractivity contribution in [3.8, 4) is 5.75 Å². The molecule has 130 valence electrons. The highest BCUT2D eigenvalue weighted by Crippen LogP contribution is 2.35. The van der Waals surface area contributed by atoms with Crippen LogP contribution >= 0.6 is 11.6 Å². The van der Waals surface area contributed by atoms with E-state index in [2.05, 4.69) is 0 Å². The Bertz CT molecular complexity index is 673. The third kappa shape index (κ3) is 4.65. The van der Waals surface area contributed by atoms with Crippen LogP contribution in [0.3, 0.4) is 0 Å². The van der Waals surface area contributed by atoms with Gasteiger partial charge in [0.2, 0.25) is 0 Å². The van der Waals surface area contributed by atoms with Gasteiger partial charge in [-0.25, -0.2) is 0 Å². The Morgan fingerprint density at radius 1 is 1.04 bits per heavy atom. The summed E-state index contributed by atoms with van der Waals surface area (Å²) < 4.78 is 44.0. The number of hydrogen-bond donors (Lipinski definition) is 1. The van der Waals surface area contributed by atoms with Gasteiger partial charge in [0.15, 0.2) is 0 Å². The summed E-state index contributed by atoms with van der Waals surface area (Å²) in [5.74, 6) is 0.363. The van der Waals surface area contributed by atoms with Crippen LogP contribution in [0.5, 0.6) is 5.75 Å². The molecule has 0 aromatic heterocycles. The van der Waals surface area contributed by atoms with Crippen LogP contribution in [-0.4, -0.2) is 6.54 Å². The lowest BCUT2D eigenvalue weighted by atomic mass is 9.90. The van der Waals surface area contributed by atoms with Crippen molar-refractivity contribution in [3.05, 3.63) is 64.7 Å². The van der Waals surface area contributed by atoms with Gasteiger partial charge in [-0.15, -0.1) is 0 Å². The second-order valence-electron chi connectivity index (χ2n) is 5.76. The van der Waals surface area contributed by atoms with Crippen LogP contribution in [-0.2, 0) is 11.8 Å². The molecule has 0 aliphatic heterocycles. The SMILES string of the molecule is CC(CCCN)(Oc1ccc(C(F)(F)F)cc1)c1cccc(Cl)c1. The van der Waals surface area contributed by atoms with E-state index >= 15 is 0 Å². The number of hydrogen-bond acceptors (Lipinski definition) is 2. The van der Waals surface area contributed by atoms with Gasteiger partial charge in [0.25, 0.3) is 0 Å². The predicted molar refractivity (Wildman–Crippen MR) is 89.2 cm³/mol. The average Bonchev–Trinajstić information content (AvgIpc) is 2.52. The highest BCUT2D eigenvalue weighted by Gasteiger charge is 2.31. The topological polar surface area (TPSA) is 35.2 Å². The first-order chi connectivity index (χ1) is 11.2. The molecule has 2 N–H and O–H groups in total. The van der Waals surface area contributed by atoms with Gasteiger partial charge in [0, 0.05) is 5.02 Å². The Kier molecular flexibility index (Phi) is 5.78. The third-order valence-electron chi connectivity index (χ3n) is 3.82. The molecule has 0 spiro atoms. The van der Waals surface area contributed by atoms with Crippen LogP contribution < -0.4 is 10.5 Å². The molecule has 1 atom stereocenters. The van der Waals surface area contributed by atoms with Gasteiger partial charge in [0.1, 0.15) is 11.4 Å². The fourth-order valence-electron chi connectivity index (χ4n) is 2.48. The van der Waals surface area contributed by atoms with Gasteiger partial charge in [-0.05, 0) is 68.3 Å². The average molecular weight is 358 g/mol. The molecule has 6 heteroatoms. The molecule has 0 bridgehead atoms. The third-order valence-corrected chi connectivity index (χ3v) is 4.05. The molecular weight excluding hydrogens is 339 g/mol. The van der Waals surface area contributed by atoms with Crippen molar-refractivity contribution in [2.24, 2.45) is 5.73 Å². The zero-order valence-electron chi connectivity index (χ0n) is 13.2. The van der Waals surface area contributed by atoms with Crippen molar-refractivity contribution in [1.82, 2.24) is 0 Å². The molecule has 2 rings (SSSR count). The minimum absolute atomic E-state index is 0.363. The summed E-state index contributed by atoms with van der Waals surface area (Å²) in [6.07, 6.45) is -3.04. The Hall–Kier alpha value is -1.72. The van der Waals surface area contributed by atoms with E-state index in [0.717, 1.165) is 17.7 Å². The van der Waals surface area contributed by atoms with E-state index in [1.807, 2.05) is 19.1 Å². The zero-order valence-corrected chi connectivity index (χ0v) is 14.0. The van der Waals surface area contributed by atoms with Gasteiger partial charge in [-0.1, -0.05) is 23.7 Å². The van der Waals surface area contributed by atoms with Crippen LogP contribution in [0.2, 0.25) is 5.02 Å². The molecule has 24 heavy (non-hydrogen) atoms. The molecule has 0 heterocycles. The van der Waals surface area contributed by atoms with E-state index in [-0.39, 0.29) is 0 Å². The highest BCUT2D eigenvalue weighted by atomic mass is 35.5. The Labute approximate surface area is 144 Å². The molecule has 0 saturated heterocycles. The molecule has 0 fully saturated rings. The second kappa shape index (κ2) is 7.45. The number of benzene rings is 2. The van der Waals surface area contributed by atoms with Gasteiger partial charge in [-0.3, -0.25) is 0 Å². The van der Waals surface area contributed by atoms with Crippen molar-refractivity contribution < 1.29 is 17.9 Å². The molecule has 0 aliphatic rings. The predicted octanol–water partition coefficient (Wildman–Crippen LogP) is 5.39. The van der Waals surface area contributed by atoms with E-state index < -0.39 is 17.3 Å². The van der Waals surface area contributed by atoms with Crippen molar-refractivity contribution in [3.63, 3.8) is 0 Å². The zero-order chi connectivity index (χ0) is 17.8. The summed E-state index contributed by atoms with van der Waals surface area (Å²) in [7, 11) is 0. The first kappa shape index (κ1) is 18.6. The summed E-state index contributed by atoms with van der Waals surface area (Å²) in [6, 6.07) is 11.9. The monoisotopic (exact) mass is 357 g/mol. The van der Waals surface area contributed by atoms with Crippen LogP contribution in [0.4, 0.5) is 13.2 Å². The number of alkyl halides is 3. The Morgan fingerprint density at radius 2 is 1.71 bits per heavy atom. The first-order valence-corrected chi connectivity index (χ1v) is 7.95. The van der Waals surface area contributed by atoms with Crippen molar-refractivity contribution >= 4 is 11.6 Å². The molecule has 2 nitrogen and oxygen atoms in total.